The third-order valence-electron chi connectivity index (χ3n) is 2.31. The Morgan fingerprint density at radius 3 is 2.88 bits per heavy atom. The van der Waals surface area contributed by atoms with Crippen molar-refractivity contribution in [3.05, 3.63) is 5.56 Å². The van der Waals surface area contributed by atoms with Crippen LogP contribution in [0.25, 0.3) is 0 Å². The third-order valence-corrected chi connectivity index (χ3v) is 3.29. The van der Waals surface area contributed by atoms with Gasteiger partial charge in [0.25, 0.3) is 0 Å². The summed E-state index contributed by atoms with van der Waals surface area (Å²) in [6.07, 6.45) is 2.79. The van der Waals surface area contributed by atoms with E-state index in [9.17, 15) is 0 Å². The van der Waals surface area contributed by atoms with Crippen LogP contribution in [0.1, 0.15) is 24.8 Å². The van der Waals surface area contributed by atoms with Gasteiger partial charge in [-0.05, 0) is 30.8 Å². The van der Waals surface area contributed by atoms with E-state index < -0.39 is 0 Å². The minimum Gasteiger partial charge on any atom is -0.396 e. The highest BCUT2D eigenvalue weighted by Crippen LogP contribution is 2.28. The Kier molecular flexibility index (Phi) is 5.02. The van der Waals surface area contributed by atoms with E-state index in [1.807, 2.05) is 11.9 Å². The zero-order valence-electron chi connectivity index (χ0n) is 9.31. The first-order chi connectivity index (χ1) is 7.70. The molecular weight excluding hydrogens is 224 g/mol. The van der Waals surface area contributed by atoms with Gasteiger partial charge in [0.2, 0.25) is 0 Å². The summed E-state index contributed by atoms with van der Waals surface area (Å²) in [5.41, 5.74) is 6.05. The Bertz CT molecular complexity index is 371. The molecule has 1 aromatic rings. The standard InChI is InChI=1S/C10H16N4OS/c1-14(5-3-2-4-6-15)10-8(7-11)9(12)13-16-10/h15H,2-6H2,1H3,(H2,12,13). The van der Waals surface area contributed by atoms with Crippen molar-refractivity contribution in [3.8, 4) is 6.07 Å². The number of nitriles is 1. The van der Waals surface area contributed by atoms with Crippen molar-refractivity contribution in [1.29, 1.82) is 5.26 Å². The van der Waals surface area contributed by atoms with E-state index in [-0.39, 0.29) is 6.61 Å². The maximum absolute atomic E-state index is 8.92. The molecule has 1 rings (SSSR count). The molecule has 0 unspecified atom stereocenters. The van der Waals surface area contributed by atoms with Crippen LogP contribution >= 0.6 is 11.5 Å². The fourth-order valence-electron chi connectivity index (χ4n) is 1.40. The van der Waals surface area contributed by atoms with Crippen LogP contribution in [-0.4, -0.2) is 29.7 Å². The highest BCUT2D eigenvalue weighted by molar-refractivity contribution is 7.10. The minimum atomic E-state index is 0.237. The van der Waals surface area contributed by atoms with Crippen LogP contribution < -0.4 is 10.6 Å². The second-order valence-electron chi connectivity index (χ2n) is 3.57. The number of hydrogen-bond acceptors (Lipinski definition) is 6. The van der Waals surface area contributed by atoms with Gasteiger partial charge in [0.15, 0.2) is 5.82 Å². The quantitative estimate of drug-likeness (QED) is 0.729. The molecule has 0 aliphatic carbocycles. The molecule has 0 fully saturated rings. The summed E-state index contributed by atoms with van der Waals surface area (Å²) >= 11 is 1.25. The van der Waals surface area contributed by atoms with Gasteiger partial charge < -0.3 is 15.7 Å². The van der Waals surface area contributed by atoms with Crippen molar-refractivity contribution >= 4 is 22.4 Å². The van der Waals surface area contributed by atoms with Crippen LogP contribution in [0.3, 0.4) is 0 Å². The van der Waals surface area contributed by atoms with Gasteiger partial charge in [-0.3, -0.25) is 0 Å². The van der Waals surface area contributed by atoms with E-state index in [1.165, 1.54) is 11.5 Å². The van der Waals surface area contributed by atoms with E-state index in [4.69, 9.17) is 16.1 Å². The number of aliphatic hydroxyl groups is 1. The van der Waals surface area contributed by atoms with Gasteiger partial charge in [-0.2, -0.15) is 9.64 Å². The lowest BCUT2D eigenvalue weighted by atomic mass is 10.2. The van der Waals surface area contributed by atoms with E-state index in [1.54, 1.807) is 0 Å². The molecule has 0 radical (unpaired) electrons. The number of anilines is 2. The number of nitrogen functional groups attached to an aromatic ring is 1. The Balaban J connectivity index is 2.53. The van der Waals surface area contributed by atoms with Crippen molar-refractivity contribution in [1.82, 2.24) is 4.37 Å². The first-order valence-corrected chi connectivity index (χ1v) is 5.95. The van der Waals surface area contributed by atoms with Crippen LogP contribution in [0, 0.1) is 11.3 Å². The summed E-state index contributed by atoms with van der Waals surface area (Å²) in [5, 5.41) is 18.4. The first kappa shape index (κ1) is 12.7. The number of aliphatic hydroxyl groups excluding tert-OH is 1. The predicted octanol–water partition coefficient (Wildman–Crippen LogP) is 1.20. The molecule has 1 aromatic heterocycles. The topological polar surface area (TPSA) is 86.2 Å². The molecule has 6 heteroatoms. The van der Waals surface area contributed by atoms with E-state index >= 15 is 0 Å². The second kappa shape index (κ2) is 6.30. The molecule has 0 atom stereocenters. The van der Waals surface area contributed by atoms with Crippen LogP contribution in [0.15, 0.2) is 0 Å². The van der Waals surface area contributed by atoms with Gasteiger partial charge in [0.1, 0.15) is 16.6 Å². The molecule has 5 nitrogen and oxygen atoms in total. The van der Waals surface area contributed by atoms with Crippen LogP contribution in [0.5, 0.6) is 0 Å². The Labute approximate surface area is 99.3 Å². The van der Waals surface area contributed by atoms with Gasteiger partial charge in [-0.15, -0.1) is 0 Å². The zero-order chi connectivity index (χ0) is 12.0. The van der Waals surface area contributed by atoms with Gasteiger partial charge in [-0.1, -0.05) is 0 Å². The number of rotatable bonds is 6. The predicted molar refractivity (Wildman–Crippen MR) is 65.4 cm³/mol. The molecule has 0 aliphatic heterocycles. The smallest absolute Gasteiger partial charge is 0.157 e. The zero-order valence-corrected chi connectivity index (χ0v) is 10.1. The highest BCUT2D eigenvalue weighted by atomic mass is 32.1. The number of hydrogen-bond donors (Lipinski definition) is 2. The van der Waals surface area contributed by atoms with Crippen molar-refractivity contribution in [2.75, 3.05) is 30.8 Å². The Hall–Kier alpha value is -1.32. The molecule has 0 bridgehead atoms. The monoisotopic (exact) mass is 240 g/mol. The van der Waals surface area contributed by atoms with Gasteiger partial charge in [0, 0.05) is 20.2 Å². The number of nitrogens with two attached hydrogens (primary N) is 1. The van der Waals surface area contributed by atoms with Crippen molar-refractivity contribution < 1.29 is 5.11 Å². The molecule has 0 saturated carbocycles. The van der Waals surface area contributed by atoms with Crippen LogP contribution in [-0.2, 0) is 0 Å². The fourth-order valence-corrected chi connectivity index (χ4v) is 2.15. The fraction of sp³-hybridized carbons (Fsp3) is 0.600. The van der Waals surface area contributed by atoms with E-state index in [0.29, 0.717) is 11.4 Å². The summed E-state index contributed by atoms with van der Waals surface area (Å²) in [5.74, 6) is 0.310. The van der Waals surface area contributed by atoms with Crippen molar-refractivity contribution in [2.24, 2.45) is 0 Å². The maximum atomic E-state index is 8.92. The highest BCUT2D eigenvalue weighted by Gasteiger charge is 2.14. The first-order valence-electron chi connectivity index (χ1n) is 5.18. The average molecular weight is 240 g/mol. The molecule has 16 heavy (non-hydrogen) atoms. The summed E-state index contributed by atoms with van der Waals surface area (Å²) in [7, 11) is 1.92. The third kappa shape index (κ3) is 3.08. The van der Waals surface area contributed by atoms with Crippen LogP contribution in [0.2, 0.25) is 0 Å². The molecule has 0 aromatic carbocycles. The molecule has 3 N–H and O–H groups in total. The van der Waals surface area contributed by atoms with Gasteiger partial charge >= 0.3 is 0 Å². The summed E-state index contributed by atoms with van der Waals surface area (Å²) in [6, 6.07) is 2.07. The van der Waals surface area contributed by atoms with Crippen molar-refractivity contribution in [2.45, 2.75) is 19.3 Å². The van der Waals surface area contributed by atoms with Crippen molar-refractivity contribution in [3.63, 3.8) is 0 Å². The Morgan fingerprint density at radius 2 is 2.25 bits per heavy atom. The largest absolute Gasteiger partial charge is 0.396 e. The number of nitrogens with zero attached hydrogens (tertiary/aromatic N) is 3. The number of aromatic nitrogens is 1. The average Bonchev–Trinajstić information content (AvgIpc) is 2.65. The molecule has 0 saturated heterocycles. The molecular formula is C10H16N4OS. The van der Waals surface area contributed by atoms with E-state index in [2.05, 4.69) is 10.4 Å². The second-order valence-corrected chi connectivity index (χ2v) is 4.32. The molecule has 0 aliphatic rings. The molecule has 88 valence electrons. The molecule has 0 amide bonds. The lowest BCUT2D eigenvalue weighted by Crippen LogP contribution is -2.18. The molecule has 0 spiro atoms. The SMILES string of the molecule is CN(CCCCCO)c1snc(N)c1C#N. The summed E-state index contributed by atoms with van der Waals surface area (Å²) < 4.78 is 3.97. The Morgan fingerprint density at radius 1 is 1.50 bits per heavy atom. The number of unbranched alkanes of at least 4 members (excludes halogenated alkanes) is 2. The van der Waals surface area contributed by atoms with Gasteiger partial charge in [0.05, 0.1) is 0 Å². The summed E-state index contributed by atoms with van der Waals surface area (Å²) in [6.45, 7) is 1.08. The molecule has 1 heterocycles. The lowest BCUT2D eigenvalue weighted by Gasteiger charge is -2.16. The van der Waals surface area contributed by atoms with Gasteiger partial charge in [-0.25, -0.2) is 0 Å². The van der Waals surface area contributed by atoms with E-state index in [0.717, 1.165) is 30.8 Å². The maximum Gasteiger partial charge on any atom is 0.157 e. The minimum absolute atomic E-state index is 0.237. The normalized spacial score (nSPS) is 10.1. The lowest BCUT2D eigenvalue weighted by molar-refractivity contribution is 0.283. The summed E-state index contributed by atoms with van der Waals surface area (Å²) in [4.78, 5) is 1.99. The van der Waals surface area contributed by atoms with Crippen LogP contribution in [0.4, 0.5) is 10.8 Å².